The van der Waals surface area contributed by atoms with E-state index < -0.39 is 11.9 Å². The van der Waals surface area contributed by atoms with Crippen molar-refractivity contribution in [2.45, 2.75) is 64.0 Å². The number of nitrogens with zero attached hydrogens (tertiary/aromatic N) is 2. The normalized spacial score (nSPS) is 16.1. The summed E-state index contributed by atoms with van der Waals surface area (Å²) in [4.78, 5) is 28.6. The molecule has 0 saturated heterocycles. The van der Waals surface area contributed by atoms with Gasteiger partial charge < -0.3 is 14.4 Å². The number of hydroxylamine groups is 1. The summed E-state index contributed by atoms with van der Waals surface area (Å²) in [5.41, 5.74) is 7.21. The number of fused-ring (bicyclic) bond motifs is 1. The van der Waals surface area contributed by atoms with Crippen LogP contribution in [-0.2, 0) is 30.7 Å². The van der Waals surface area contributed by atoms with Gasteiger partial charge in [0, 0.05) is 35.7 Å². The minimum Gasteiger partial charge on any atom is -0.489 e. The fourth-order valence-electron chi connectivity index (χ4n) is 5.74. The zero-order valence-corrected chi connectivity index (χ0v) is 23.0. The molecule has 3 aromatic rings. The molecule has 1 heterocycles. The fraction of sp³-hybridized carbons (Fsp3) is 0.303. The van der Waals surface area contributed by atoms with Crippen LogP contribution in [-0.4, -0.2) is 31.7 Å². The SMILES string of the molecule is C=CCc1ccc(C(=O)NO)cc1COc1ccc(-c2nc3c(n2C2CCCCC2)C/C=C\C(C(=O)O)=CC3)cc1. The van der Waals surface area contributed by atoms with Crippen LogP contribution in [0.4, 0.5) is 0 Å². The van der Waals surface area contributed by atoms with Gasteiger partial charge in [-0.05, 0) is 66.8 Å². The van der Waals surface area contributed by atoms with E-state index in [1.165, 1.54) is 19.3 Å². The largest absolute Gasteiger partial charge is 0.489 e. The topological polar surface area (TPSA) is 114 Å². The third-order valence-corrected chi connectivity index (χ3v) is 7.84. The number of allylic oxidation sites excluding steroid dienone is 3. The number of nitrogens with one attached hydrogen (secondary N) is 1. The summed E-state index contributed by atoms with van der Waals surface area (Å²) in [5, 5.41) is 18.5. The number of amides is 1. The highest BCUT2D eigenvalue weighted by molar-refractivity contribution is 5.93. The van der Waals surface area contributed by atoms with Crippen LogP contribution in [0.25, 0.3) is 11.4 Å². The highest BCUT2D eigenvalue weighted by Gasteiger charge is 2.25. The number of carbonyl (C=O) groups is 2. The fourth-order valence-corrected chi connectivity index (χ4v) is 5.74. The molecule has 8 heteroatoms. The number of carboxylic acid groups (broad SMARTS) is 1. The maximum Gasteiger partial charge on any atom is 0.335 e. The summed E-state index contributed by atoms with van der Waals surface area (Å²) in [6, 6.07) is 13.5. The average molecular weight is 554 g/mol. The van der Waals surface area contributed by atoms with Crippen molar-refractivity contribution in [3.63, 3.8) is 0 Å². The number of imidazole rings is 1. The van der Waals surface area contributed by atoms with Crippen LogP contribution in [0.5, 0.6) is 5.75 Å². The monoisotopic (exact) mass is 553 g/mol. The van der Waals surface area contributed by atoms with E-state index >= 15 is 0 Å². The zero-order chi connectivity index (χ0) is 28.8. The van der Waals surface area contributed by atoms with Gasteiger partial charge in [-0.15, -0.1) is 6.58 Å². The van der Waals surface area contributed by atoms with Gasteiger partial charge in [0.25, 0.3) is 5.91 Å². The van der Waals surface area contributed by atoms with E-state index in [1.54, 1.807) is 35.8 Å². The van der Waals surface area contributed by atoms with Gasteiger partial charge in [-0.3, -0.25) is 10.0 Å². The molecule has 0 radical (unpaired) electrons. The summed E-state index contributed by atoms with van der Waals surface area (Å²) in [6.07, 6.45) is 14.8. The lowest BCUT2D eigenvalue weighted by atomic mass is 9.94. The number of hydrogen-bond donors (Lipinski definition) is 3. The Hall–Kier alpha value is -4.43. The van der Waals surface area contributed by atoms with E-state index in [-0.39, 0.29) is 6.61 Å². The van der Waals surface area contributed by atoms with Gasteiger partial charge in [-0.2, -0.15) is 0 Å². The molecule has 0 spiro atoms. The van der Waals surface area contributed by atoms with Crippen molar-refractivity contribution in [3.05, 3.63) is 107 Å². The Morgan fingerprint density at radius 1 is 1.07 bits per heavy atom. The number of aromatic nitrogens is 2. The van der Waals surface area contributed by atoms with E-state index in [4.69, 9.17) is 14.9 Å². The van der Waals surface area contributed by atoms with Crippen LogP contribution < -0.4 is 10.2 Å². The summed E-state index contributed by atoms with van der Waals surface area (Å²) in [7, 11) is 0. The molecular weight excluding hydrogens is 518 g/mol. The first-order valence-electron chi connectivity index (χ1n) is 14.1. The van der Waals surface area contributed by atoms with Crippen molar-refractivity contribution >= 4 is 11.9 Å². The summed E-state index contributed by atoms with van der Waals surface area (Å²) in [5.74, 6) is 0.0900. The summed E-state index contributed by atoms with van der Waals surface area (Å²) in [6.45, 7) is 4.07. The van der Waals surface area contributed by atoms with E-state index in [0.29, 0.717) is 42.2 Å². The van der Waals surface area contributed by atoms with Crippen molar-refractivity contribution < 1.29 is 24.6 Å². The lowest BCUT2D eigenvalue weighted by Gasteiger charge is -2.27. The molecule has 0 unspecified atom stereocenters. The predicted octanol–water partition coefficient (Wildman–Crippen LogP) is 6.15. The van der Waals surface area contributed by atoms with E-state index in [1.807, 2.05) is 36.4 Å². The smallest absolute Gasteiger partial charge is 0.335 e. The Kier molecular flexibility index (Phi) is 8.79. The van der Waals surface area contributed by atoms with Gasteiger partial charge in [0.1, 0.15) is 18.2 Å². The van der Waals surface area contributed by atoms with E-state index in [9.17, 15) is 14.7 Å². The maximum atomic E-state index is 11.9. The molecule has 1 saturated carbocycles. The molecule has 1 aromatic heterocycles. The molecule has 1 amide bonds. The van der Waals surface area contributed by atoms with Crippen molar-refractivity contribution in [1.29, 1.82) is 0 Å². The van der Waals surface area contributed by atoms with E-state index in [2.05, 4.69) is 11.1 Å². The second-order valence-corrected chi connectivity index (χ2v) is 10.5. The molecule has 2 aliphatic rings. The third-order valence-electron chi connectivity index (χ3n) is 7.84. The lowest BCUT2D eigenvalue weighted by Crippen LogP contribution is -2.19. The van der Waals surface area contributed by atoms with Gasteiger partial charge in [0.05, 0.1) is 11.3 Å². The number of benzene rings is 2. The van der Waals surface area contributed by atoms with E-state index in [0.717, 1.165) is 46.7 Å². The number of carboxylic acids is 1. The van der Waals surface area contributed by atoms with Gasteiger partial charge in [0.15, 0.2) is 0 Å². The molecule has 0 atom stereocenters. The molecule has 0 aliphatic heterocycles. The van der Waals surface area contributed by atoms with Crippen molar-refractivity contribution in [2.75, 3.05) is 0 Å². The van der Waals surface area contributed by atoms with Crippen LogP contribution in [0, 0.1) is 0 Å². The van der Waals surface area contributed by atoms with Gasteiger partial charge >= 0.3 is 5.97 Å². The highest BCUT2D eigenvalue weighted by atomic mass is 16.5. The molecule has 5 rings (SSSR count). The molecule has 1 fully saturated rings. The minimum absolute atomic E-state index is 0.255. The molecule has 2 aromatic carbocycles. The Morgan fingerprint density at radius 3 is 2.56 bits per heavy atom. The average Bonchev–Trinajstić information content (AvgIpc) is 3.34. The third kappa shape index (κ3) is 6.33. The van der Waals surface area contributed by atoms with Crippen LogP contribution in [0.15, 0.2) is 78.9 Å². The number of carbonyl (C=O) groups excluding carboxylic acids is 1. The molecule has 2 aliphatic carbocycles. The standard InChI is InChI=1S/C33H35N3O5/c1-2-7-22-12-13-25(32(37)35-40)20-26(22)21-41-28-17-14-23(15-18-28)31-34-29-19-16-24(33(38)39)8-6-11-30(29)36(31)27-9-4-3-5-10-27/h2,6,8,12-18,20,27,40H,1,3-5,7,9-11,19,21H2,(H,35,37)(H,38,39)/b8-6-,24-16?. The quantitative estimate of drug-likeness (QED) is 0.166. The molecular formula is C33H35N3O5. The number of aliphatic carboxylic acids is 1. The summed E-state index contributed by atoms with van der Waals surface area (Å²) >= 11 is 0. The Bertz CT molecular complexity index is 1490. The van der Waals surface area contributed by atoms with Gasteiger partial charge in [-0.25, -0.2) is 15.3 Å². The Balaban J connectivity index is 1.42. The lowest BCUT2D eigenvalue weighted by molar-refractivity contribution is -0.132. The Labute approximate surface area is 239 Å². The van der Waals surface area contributed by atoms with Crippen molar-refractivity contribution in [1.82, 2.24) is 15.0 Å². The van der Waals surface area contributed by atoms with Gasteiger partial charge in [0.2, 0.25) is 0 Å². The van der Waals surface area contributed by atoms with Crippen molar-refractivity contribution in [3.8, 4) is 17.1 Å². The van der Waals surface area contributed by atoms with Crippen LogP contribution in [0.2, 0.25) is 0 Å². The molecule has 8 nitrogen and oxygen atoms in total. The number of ether oxygens (including phenoxy) is 1. The summed E-state index contributed by atoms with van der Waals surface area (Å²) < 4.78 is 8.50. The predicted molar refractivity (Wildman–Crippen MR) is 156 cm³/mol. The van der Waals surface area contributed by atoms with Gasteiger partial charge in [-0.1, -0.05) is 49.6 Å². The Morgan fingerprint density at radius 2 is 1.85 bits per heavy atom. The second-order valence-electron chi connectivity index (χ2n) is 10.5. The molecule has 0 bridgehead atoms. The zero-order valence-electron chi connectivity index (χ0n) is 23.0. The second kappa shape index (κ2) is 12.8. The molecule has 212 valence electrons. The highest BCUT2D eigenvalue weighted by Crippen LogP contribution is 2.36. The van der Waals surface area contributed by atoms with Crippen LogP contribution >= 0.6 is 0 Å². The van der Waals surface area contributed by atoms with Crippen LogP contribution in [0.1, 0.15) is 71.0 Å². The molecule has 3 N–H and O–H groups in total. The first-order valence-corrected chi connectivity index (χ1v) is 14.1. The van der Waals surface area contributed by atoms with Crippen molar-refractivity contribution in [2.24, 2.45) is 0 Å². The minimum atomic E-state index is -0.924. The molecule has 41 heavy (non-hydrogen) atoms. The van der Waals surface area contributed by atoms with Crippen LogP contribution in [0.3, 0.4) is 0 Å². The first kappa shape index (κ1) is 28.1. The number of rotatable bonds is 9. The maximum absolute atomic E-state index is 11.9. The first-order chi connectivity index (χ1) is 20.0. The number of hydrogen-bond acceptors (Lipinski definition) is 5.